The lowest BCUT2D eigenvalue weighted by atomic mass is 9.96. The van der Waals surface area contributed by atoms with Gasteiger partial charge < -0.3 is 9.80 Å². The molecule has 1 fully saturated rings. The van der Waals surface area contributed by atoms with Gasteiger partial charge in [0.2, 0.25) is 0 Å². The monoisotopic (exact) mass is 352 g/mol. The SMILES string of the molecule is Cc1cc(C(=O)N(C)CC2CCN(c3ccc(C#N)nc3)CC2)nn1C. The Labute approximate surface area is 153 Å². The van der Waals surface area contributed by atoms with Gasteiger partial charge in [0.25, 0.3) is 5.91 Å². The maximum atomic E-state index is 12.5. The van der Waals surface area contributed by atoms with Crippen LogP contribution in [0.5, 0.6) is 0 Å². The van der Waals surface area contributed by atoms with Crippen LogP contribution in [0.15, 0.2) is 24.4 Å². The molecular formula is C19H24N6O. The lowest BCUT2D eigenvalue weighted by molar-refractivity contribution is 0.0758. The molecule has 0 N–H and O–H groups in total. The highest BCUT2D eigenvalue weighted by Crippen LogP contribution is 2.23. The van der Waals surface area contributed by atoms with E-state index in [2.05, 4.69) is 15.0 Å². The first-order valence-corrected chi connectivity index (χ1v) is 8.85. The van der Waals surface area contributed by atoms with Crippen LogP contribution < -0.4 is 4.90 Å². The van der Waals surface area contributed by atoms with Crippen LogP contribution in [0.1, 0.15) is 34.7 Å². The number of aryl methyl sites for hydroxylation is 2. The molecule has 136 valence electrons. The molecule has 7 nitrogen and oxygen atoms in total. The van der Waals surface area contributed by atoms with E-state index in [1.165, 1.54) is 0 Å². The Bertz CT molecular complexity index is 792. The minimum atomic E-state index is -0.0209. The molecule has 1 saturated heterocycles. The molecule has 0 aromatic carbocycles. The van der Waals surface area contributed by atoms with Gasteiger partial charge in [-0.1, -0.05) is 0 Å². The number of anilines is 1. The Hall–Kier alpha value is -2.88. The first-order chi connectivity index (χ1) is 12.5. The first-order valence-electron chi connectivity index (χ1n) is 8.85. The van der Waals surface area contributed by atoms with Crippen LogP contribution in [-0.2, 0) is 7.05 Å². The summed E-state index contributed by atoms with van der Waals surface area (Å²) < 4.78 is 1.73. The van der Waals surface area contributed by atoms with Crippen molar-refractivity contribution in [2.24, 2.45) is 13.0 Å². The van der Waals surface area contributed by atoms with E-state index in [9.17, 15) is 4.79 Å². The van der Waals surface area contributed by atoms with E-state index < -0.39 is 0 Å². The van der Waals surface area contributed by atoms with Gasteiger partial charge in [0.1, 0.15) is 11.8 Å². The first kappa shape index (κ1) is 17.9. The normalized spacial score (nSPS) is 14.9. The lowest BCUT2D eigenvalue weighted by Gasteiger charge is -2.35. The molecule has 0 saturated carbocycles. The van der Waals surface area contributed by atoms with E-state index in [0.717, 1.165) is 43.9 Å². The van der Waals surface area contributed by atoms with Crippen molar-refractivity contribution in [3.05, 3.63) is 41.5 Å². The van der Waals surface area contributed by atoms with Crippen molar-refractivity contribution < 1.29 is 4.79 Å². The second-order valence-corrected chi connectivity index (χ2v) is 6.92. The fraction of sp³-hybridized carbons (Fsp3) is 0.474. The molecule has 1 aliphatic heterocycles. The molecule has 0 atom stereocenters. The zero-order valence-corrected chi connectivity index (χ0v) is 15.5. The summed E-state index contributed by atoms with van der Waals surface area (Å²) >= 11 is 0. The summed E-state index contributed by atoms with van der Waals surface area (Å²) in [7, 11) is 3.70. The Morgan fingerprint density at radius 1 is 1.38 bits per heavy atom. The molecular weight excluding hydrogens is 328 g/mol. The Balaban J connectivity index is 1.53. The predicted molar refractivity (Wildman–Crippen MR) is 98.8 cm³/mol. The van der Waals surface area contributed by atoms with Gasteiger partial charge in [0.05, 0.1) is 11.9 Å². The molecule has 1 amide bonds. The lowest BCUT2D eigenvalue weighted by Crippen LogP contribution is -2.39. The quantitative estimate of drug-likeness (QED) is 0.841. The van der Waals surface area contributed by atoms with Gasteiger partial charge in [-0.05, 0) is 43.9 Å². The van der Waals surface area contributed by atoms with Crippen molar-refractivity contribution in [3.63, 3.8) is 0 Å². The van der Waals surface area contributed by atoms with Crippen LogP contribution in [0, 0.1) is 24.2 Å². The summed E-state index contributed by atoms with van der Waals surface area (Å²) in [6.45, 7) is 4.55. The van der Waals surface area contributed by atoms with Crippen molar-refractivity contribution in [2.45, 2.75) is 19.8 Å². The van der Waals surface area contributed by atoms with Gasteiger partial charge in [-0.15, -0.1) is 0 Å². The maximum absolute atomic E-state index is 12.5. The number of amides is 1. The summed E-state index contributed by atoms with van der Waals surface area (Å²) in [6.07, 6.45) is 3.82. The Morgan fingerprint density at radius 3 is 2.65 bits per heavy atom. The fourth-order valence-corrected chi connectivity index (χ4v) is 3.34. The summed E-state index contributed by atoms with van der Waals surface area (Å²) in [5, 5.41) is 13.1. The number of piperidine rings is 1. The number of nitriles is 1. The minimum absolute atomic E-state index is 0.0209. The molecule has 0 bridgehead atoms. The number of carbonyl (C=O) groups excluding carboxylic acids is 1. The van der Waals surface area contributed by atoms with Crippen molar-refractivity contribution in [1.29, 1.82) is 5.26 Å². The Morgan fingerprint density at radius 2 is 2.12 bits per heavy atom. The predicted octanol–water partition coefficient (Wildman–Crippen LogP) is 1.98. The third kappa shape index (κ3) is 3.85. The number of hydrogen-bond acceptors (Lipinski definition) is 5. The molecule has 1 aliphatic rings. The number of aromatic nitrogens is 3. The van der Waals surface area contributed by atoms with Crippen LogP contribution >= 0.6 is 0 Å². The van der Waals surface area contributed by atoms with E-state index in [1.54, 1.807) is 21.8 Å². The zero-order chi connectivity index (χ0) is 18.7. The second kappa shape index (κ2) is 7.56. The molecule has 0 aliphatic carbocycles. The molecule has 7 heteroatoms. The van der Waals surface area contributed by atoms with Crippen molar-refractivity contribution in [2.75, 3.05) is 31.6 Å². The average molecular weight is 352 g/mol. The second-order valence-electron chi connectivity index (χ2n) is 6.92. The van der Waals surface area contributed by atoms with Gasteiger partial charge in [-0.25, -0.2) is 4.98 Å². The van der Waals surface area contributed by atoms with Gasteiger partial charge in [-0.3, -0.25) is 9.48 Å². The number of carbonyl (C=O) groups is 1. The number of nitrogens with zero attached hydrogens (tertiary/aromatic N) is 6. The van der Waals surface area contributed by atoms with Crippen LogP contribution in [0.4, 0.5) is 5.69 Å². The largest absolute Gasteiger partial charge is 0.370 e. The molecule has 0 radical (unpaired) electrons. The summed E-state index contributed by atoms with van der Waals surface area (Å²) in [6, 6.07) is 7.58. The highest BCUT2D eigenvalue weighted by atomic mass is 16.2. The topological polar surface area (TPSA) is 78.1 Å². The Kier molecular flexibility index (Phi) is 5.21. The highest BCUT2D eigenvalue weighted by molar-refractivity contribution is 5.92. The maximum Gasteiger partial charge on any atom is 0.274 e. The third-order valence-electron chi connectivity index (χ3n) is 5.05. The highest BCUT2D eigenvalue weighted by Gasteiger charge is 2.24. The van der Waals surface area contributed by atoms with Gasteiger partial charge in [0.15, 0.2) is 5.69 Å². The minimum Gasteiger partial charge on any atom is -0.370 e. The third-order valence-corrected chi connectivity index (χ3v) is 5.05. The number of rotatable bonds is 4. The summed E-state index contributed by atoms with van der Waals surface area (Å²) in [4.78, 5) is 20.7. The van der Waals surface area contributed by atoms with E-state index in [4.69, 9.17) is 5.26 Å². The van der Waals surface area contributed by atoms with Crippen LogP contribution in [0.25, 0.3) is 0 Å². The molecule has 0 spiro atoms. The molecule has 3 heterocycles. The summed E-state index contributed by atoms with van der Waals surface area (Å²) in [5.41, 5.74) is 2.98. The molecule has 0 unspecified atom stereocenters. The van der Waals surface area contributed by atoms with Crippen molar-refractivity contribution in [3.8, 4) is 6.07 Å². The van der Waals surface area contributed by atoms with Crippen LogP contribution in [-0.4, -0.2) is 52.3 Å². The van der Waals surface area contributed by atoms with Crippen molar-refractivity contribution in [1.82, 2.24) is 19.7 Å². The fourth-order valence-electron chi connectivity index (χ4n) is 3.34. The van der Waals surface area contributed by atoms with E-state index in [-0.39, 0.29) is 5.91 Å². The van der Waals surface area contributed by atoms with Gasteiger partial charge in [-0.2, -0.15) is 10.4 Å². The molecule has 3 rings (SSSR count). The molecule has 2 aromatic rings. The van der Waals surface area contributed by atoms with Crippen LogP contribution in [0.2, 0.25) is 0 Å². The summed E-state index contributed by atoms with van der Waals surface area (Å²) in [5.74, 6) is 0.462. The molecule has 26 heavy (non-hydrogen) atoms. The standard InChI is InChI=1S/C19H24N6O/c1-14-10-18(22-24(14)3)19(26)23(2)13-15-6-8-25(9-7-15)17-5-4-16(11-20)21-12-17/h4-5,10,12,15H,6-9,13H2,1-3H3. The number of hydrogen-bond donors (Lipinski definition) is 0. The zero-order valence-electron chi connectivity index (χ0n) is 15.5. The van der Waals surface area contributed by atoms with Crippen molar-refractivity contribution >= 4 is 11.6 Å². The van der Waals surface area contributed by atoms with E-state index >= 15 is 0 Å². The molecule has 2 aromatic heterocycles. The van der Waals surface area contributed by atoms with Gasteiger partial charge in [0, 0.05) is 39.4 Å². The average Bonchev–Trinajstić information content (AvgIpc) is 3.00. The van der Waals surface area contributed by atoms with Gasteiger partial charge >= 0.3 is 0 Å². The number of pyridine rings is 1. The van der Waals surface area contributed by atoms with E-state index in [1.807, 2.05) is 39.2 Å². The van der Waals surface area contributed by atoms with E-state index in [0.29, 0.717) is 17.3 Å². The van der Waals surface area contributed by atoms with Crippen LogP contribution in [0.3, 0.4) is 0 Å². The smallest absolute Gasteiger partial charge is 0.274 e.